The maximum Gasteiger partial charge on any atom is 0.338 e. The van der Waals surface area contributed by atoms with E-state index in [1.165, 1.54) is 0 Å². The third-order valence-electron chi connectivity index (χ3n) is 5.36. The van der Waals surface area contributed by atoms with Crippen molar-refractivity contribution in [2.75, 3.05) is 0 Å². The number of pyridine rings is 1. The van der Waals surface area contributed by atoms with Crippen LogP contribution in [0.25, 0.3) is 11.3 Å². The highest BCUT2D eigenvalue weighted by Crippen LogP contribution is 2.31. The predicted molar refractivity (Wildman–Crippen MR) is 125 cm³/mol. The minimum Gasteiger partial charge on any atom is -0.478 e. The molecule has 178 valence electrons. The van der Waals surface area contributed by atoms with Gasteiger partial charge in [-0.3, -0.25) is 4.79 Å². The van der Waals surface area contributed by atoms with Gasteiger partial charge in [0.2, 0.25) is 0 Å². The first kappa shape index (κ1) is 23.7. The molecule has 0 fully saturated rings. The number of nitrogens with one attached hydrogen (secondary N) is 1. The molecule has 0 unspecified atom stereocenters. The molecule has 4 aromatic rings. The van der Waals surface area contributed by atoms with Gasteiger partial charge < -0.3 is 14.8 Å². The minimum atomic E-state index is -1.47. The van der Waals surface area contributed by atoms with Gasteiger partial charge in [0.05, 0.1) is 17.0 Å². The van der Waals surface area contributed by atoms with Gasteiger partial charge in [-0.2, -0.15) is 10.2 Å². The van der Waals surface area contributed by atoms with E-state index < -0.39 is 28.7 Å². The average Bonchev–Trinajstić information content (AvgIpc) is 2.83. The second-order valence-electron chi connectivity index (χ2n) is 8.22. The lowest BCUT2D eigenvalue weighted by molar-refractivity contribution is 0.0691. The highest BCUT2D eigenvalue weighted by atomic mass is 19.1. The number of aromatic carboxylic acids is 1. The molecule has 35 heavy (non-hydrogen) atoms. The van der Waals surface area contributed by atoms with Crippen molar-refractivity contribution in [3.8, 4) is 22.8 Å². The van der Waals surface area contributed by atoms with Gasteiger partial charge >= 0.3 is 5.97 Å². The van der Waals surface area contributed by atoms with Gasteiger partial charge in [0.25, 0.3) is 5.56 Å². The molecule has 7 nitrogen and oxygen atoms in total. The highest BCUT2D eigenvalue weighted by molar-refractivity contribution is 5.88. The molecule has 2 N–H and O–H groups in total. The Kier molecular flexibility index (Phi) is 6.68. The smallest absolute Gasteiger partial charge is 0.338 e. The Balaban J connectivity index is 1.65. The van der Waals surface area contributed by atoms with E-state index in [1.807, 2.05) is 26.0 Å². The van der Waals surface area contributed by atoms with Crippen LogP contribution >= 0.6 is 0 Å². The lowest BCUT2D eigenvalue weighted by atomic mass is 10.0. The lowest BCUT2D eigenvalue weighted by Crippen LogP contribution is -2.13. The second kappa shape index (κ2) is 9.84. The molecule has 0 aliphatic heterocycles. The summed E-state index contributed by atoms with van der Waals surface area (Å²) in [6, 6.07) is 13.6. The van der Waals surface area contributed by atoms with Crippen molar-refractivity contribution in [3.05, 3.63) is 105 Å². The van der Waals surface area contributed by atoms with Crippen LogP contribution in [0.3, 0.4) is 0 Å². The molecular weight excluding hydrogens is 456 g/mol. The number of hydrogen-bond acceptors (Lipinski definition) is 5. The van der Waals surface area contributed by atoms with Gasteiger partial charge in [0.15, 0.2) is 0 Å². The highest BCUT2D eigenvalue weighted by Gasteiger charge is 2.18. The average molecular weight is 477 g/mol. The molecule has 0 atom stereocenters. The zero-order chi connectivity index (χ0) is 25.1. The van der Waals surface area contributed by atoms with Crippen LogP contribution in [0.4, 0.5) is 8.78 Å². The zero-order valence-corrected chi connectivity index (χ0v) is 18.9. The zero-order valence-electron chi connectivity index (χ0n) is 18.9. The monoisotopic (exact) mass is 477 g/mol. The number of ether oxygens (including phenoxy) is 1. The van der Waals surface area contributed by atoms with Gasteiger partial charge in [0.1, 0.15) is 23.1 Å². The first-order valence-corrected chi connectivity index (χ1v) is 10.8. The predicted octanol–water partition coefficient (Wildman–Crippen LogP) is 5.31. The topological polar surface area (TPSA) is 105 Å². The van der Waals surface area contributed by atoms with Crippen LogP contribution in [0.15, 0.2) is 65.6 Å². The molecule has 0 radical (unpaired) electrons. The molecular formula is C26H21F2N3O4. The summed E-state index contributed by atoms with van der Waals surface area (Å²) >= 11 is 0. The first-order chi connectivity index (χ1) is 16.7. The van der Waals surface area contributed by atoms with E-state index in [1.54, 1.807) is 24.3 Å². The molecule has 4 rings (SSSR count). The molecule has 0 saturated carbocycles. The van der Waals surface area contributed by atoms with Crippen LogP contribution in [-0.2, 0) is 6.42 Å². The molecule has 2 aromatic carbocycles. The van der Waals surface area contributed by atoms with Gasteiger partial charge in [-0.15, -0.1) is 0 Å². The number of carboxylic acid groups (broad SMARTS) is 1. The number of halogens is 2. The number of carboxylic acids is 1. The summed E-state index contributed by atoms with van der Waals surface area (Å²) in [6.07, 6.45) is 0.745. The third kappa shape index (κ3) is 5.40. The molecule has 2 aromatic heterocycles. The Bertz CT molecular complexity index is 1430. The van der Waals surface area contributed by atoms with Gasteiger partial charge in [-0.25, -0.2) is 13.6 Å². The SMILES string of the molecule is CC(C)c1ccc(-c2ccc(Oc3cc(C(=O)O)c(F)cc3Cc3cc(F)c[nH]c3=O)cc2)nn1. The summed E-state index contributed by atoms with van der Waals surface area (Å²) in [5.41, 5.74) is 1.42. The number of carbonyl (C=O) groups is 1. The fraction of sp³-hybridized carbons (Fsp3) is 0.154. The fourth-order valence-corrected chi connectivity index (χ4v) is 3.45. The van der Waals surface area contributed by atoms with E-state index in [9.17, 15) is 23.5 Å². The molecule has 0 amide bonds. The Morgan fingerprint density at radius 2 is 1.77 bits per heavy atom. The van der Waals surface area contributed by atoms with E-state index >= 15 is 0 Å². The number of hydrogen-bond donors (Lipinski definition) is 2. The maximum atomic E-state index is 14.4. The van der Waals surface area contributed by atoms with Crippen LogP contribution in [0.5, 0.6) is 11.5 Å². The Morgan fingerprint density at radius 3 is 2.40 bits per heavy atom. The fourth-order valence-electron chi connectivity index (χ4n) is 3.45. The van der Waals surface area contributed by atoms with Crippen LogP contribution in [0, 0.1) is 11.6 Å². The summed E-state index contributed by atoms with van der Waals surface area (Å²) in [7, 11) is 0. The Hall–Kier alpha value is -4.40. The van der Waals surface area contributed by atoms with Gasteiger partial charge in [0, 0.05) is 29.3 Å². The van der Waals surface area contributed by atoms with Crippen molar-refractivity contribution in [3.63, 3.8) is 0 Å². The van der Waals surface area contributed by atoms with Crippen LogP contribution in [0.2, 0.25) is 0 Å². The lowest BCUT2D eigenvalue weighted by Gasteiger charge is -2.13. The summed E-state index contributed by atoms with van der Waals surface area (Å²) < 4.78 is 33.9. The second-order valence-corrected chi connectivity index (χ2v) is 8.22. The van der Waals surface area contributed by atoms with E-state index in [-0.39, 0.29) is 29.2 Å². The van der Waals surface area contributed by atoms with Crippen molar-refractivity contribution < 1.29 is 23.4 Å². The molecule has 0 saturated heterocycles. The largest absolute Gasteiger partial charge is 0.478 e. The van der Waals surface area contributed by atoms with Crippen LogP contribution < -0.4 is 10.3 Å². The molecule has 0 aliphatic carbocycles. The molecule has 0 spiro atoms. The van der Waals surface area contributed by atoms with Gasteiger partial charge in [-0.1, -0.05) is 13.8 Å². The summed E-state index contributed by atoms with van der Waals surface area (Å²) in [6.45, 7) is 4.05. The van der Waals surface area contributed by atoms with Crippen LogP contribution in [0.1, 0.15) is 46.9 Å². The minimum absolute atomic E-state index is 0.0290. The summed E-state index contributed by atoms with van der Waals surface area (Å²) in [5, 5.41) is 17.8. The number of H-pyrrole nitrogens is 1. The van der Waals surface area contributed by atoms with E-state index in [0.717, 1.165) is 35.7 Å². The number of benzene rings is 2. The number of nitrogens with zero attached hydrogens (tertiary/aromatic N) is 2. The van der Waals surface area contributed by atoms with E-state index in [4.69, 9.17) is 4.74 Å². The van der Waals surface area contributed by atoms with Crippen molar-refractivity contribution in [1.29, 1.82) is 0 Å². The number of rotatable bonds is 7. The molecule has 9 heteroatoms. The number of aromatic nitrogens is 3. The standard InChI is InChI=1S/C26H21F2N3O4/c1-14(2)22-7-8-23(31-30-22)15-3-5-19(6-4-15)35-24-12-20(26(33)34)21(28)11-16(24)9-17-10-18(27)13-29-25(17)32/h3-8,10-14H,9H2,1-2H3,(H,29,32)(H,33,34). The molecule has 0 aliphatic rings. The van der Waals surface area contributed by atoms with Crippen molar-refractivity contribution in [1.82, 2.24) is 15.2 Å². The Morgan fingerprint density at radius 1 is 1.03 bits per heavy atom. The van der Waals surface area contributed by atoms with Gasteiger partial charge in [-0.05, 0) is 60.5 Å². The van der Waals surface area contributed by atoms with E-state index in [2.05, 4.69) is 15.2 Å². The molecule has 0 bridgehead atoms. The Labute approximate surface area is 199 Å². The number of aromatic amines is 1. The first-order valence-electron chi connectivity index (χ1n) is 10.8. The quantitative estimate of drug-likeness (QED) is 0.374. The molecule has 2 heterocycles. The van der Waals surface area contributed by atoms with Crippen molar-refractivity contribution in [2.24, 2.45) is 0 Å². The van der Waals surface area contributed by atoms with E-state index in [0.29, 0.717) is 11.4 Å². The third-order valence-corrected chi connectivity index (χ3v) is 5.36. The summed E-state index contributed by atoms with van der Waals surface area (Å²) in [4.78, 5) is 25.8. The normalized spacial score (nSPS) is 11.0. The maximum absolute atomic E-state index is 14.4. The van der Waals surface area contributed by atoms with Crippen molar-refractivity contribution in [2.45, 2.75) is 26.2 Å². The van der Waals surface area contributed by atoms with Crippen LogP contribution in [-0.4, -0.2) is 26.3 Å². The summed E-state index contributed by atoms with van der Waals surface area (Å²) in [5.74, 6) is -2.49. The van der Waals surface area contributed by atoms with Crippen molar-refractivity contribution >= 4 is 5.97 Å².